The van der Waals surface area contributed by atoms with E-state index in [2.05, 4.69) is 0 Å². The van der Waals surface area contributed by atoms with Crippen molar-refractivity contribution in [3.63, 3.8) is 0 Å². The number of carbonyl (C=O) groups excluding carboxylic acids is 1. The Bertz CT molecular complexity index is 918. The highest BCUT2D eigenvalue weighted by Crippen LogP contribution is 2.26. The Hall–Kier alpha value is -2.11. The minimum atomic E-state index is -3.84. The summed E-state index contributed by atoms with van der Waals surface area (Å²) in [7, 11) is -3.84. The lowest BCUT2D eigenvalue weighted by molar-refractivity contribution is -0.120. The first-order valence-electron chi connectivity index (χ1n) is 7.44. The fraction of sp³-hybridized carbons (Fsp3) is 0.167. The van der Waals surface area contributed by atoms with Crippen molar-refractivity contribution in [1.82, 2.24) is 4.31 Å². The maximum atomic E-state index is 12.7. The molecular weight excluding hydrogens is 346 g/mol. The monoisotopic (exact) mass is 361 g/mol. The van der Waals surface area contributed by atoms with Gasteiger partial charge in [0.05, 0.1) is 11.4 Å². The topological polar surface area (TPSA) is 54.5 Å². The summed E-state index contributed by atoms with van der Waals surface area (Å²) >= 11 is 6.13. The van der Waals surface area contributed by atoms with E-state index in [9.17, 15) is 13.2 Å². The quantitative estimate of drug-likeness (QED) is 0.839. The van der Waals surface area contributed by atoms with E-state index in [0.717, 1.165) is 21.0 Å². The van der Waals surface area contributed by atoms with Crippen LogP contribution in [0.1, 0.15) is 11.1 Å². The van der Waals surface area contributed by atoms with Gasteiger partial charge in [0.1, 0.15) is 0 Å². The van der Waals surface area contributed by atoms with Gasteiger partial charge < -0.3 is 0 Å². The van der Waals surface area contributed by atoms with Gasteiger partial charge in [-0.25, -0.2) is 12.7 Å². The van der Waals surface area contributed by atoms with Crippen LogP contribution < -0.4 is 0 Å². The minimum Gasteiger partial charge on any atom is -0.269 e. The summed E-state index contributed by atoms with van der Waals surface area (Å²) in [6.07, 6.45) is 1.83. The molecule has 6 heteroatoms. The second-order valence-corrected chi connectivity index (χ2v) is 8.00. The molecule has 0 unspecified atom stereocenters. The molecule has 0 aromatic heterocycles. The number of halogens is 1. The number of amides is 1. The van der Waals surface area contributed by atoms with E-state index in [1.807, 2.05) is 25.1 Å². The molecule has 0 saturated carbocycles. The molecule has 1 aliphatic heterocycles. The van der Waals surface area contributed by atoms with Crippen molar-refractivity contribution in [2.45, 2.75) is 18.2 Å². The first kappa shape index (κ1) is 16.7. The van der Waals surface area contributed by atoms with Crippen LogP contribution in [-0.2, 0) is 21.2 Å². The van der Waals surface area contributed by atoms with Gasteiger partial charge in [-0.15, -0.1) is 0 Å². The molecule has 24 heavy (non-hydrogen) atoms. The van der Waals surface area contributed by atoms with E-state index in [1.54, 1.807) is 18.2 Å². The Morgan fingerprint density at radius 2 is 1.75 bits per heavy atom. The van der Waals surface area contributed by atoms with Crippen LogP contribution in [0.25, 0.3) is 0 Å². The van der Waals surface area contributed by atoms with Crippen LogP contribution in [-0.4, -0.2) is 25.2 Å². The average molecular weight is 362 g/mol. The highest BCUT2D eigenvalue weighted by molar-refractivity contribution is 7.89. The predicted molar refractivity (Wildman–Crippen MR) is 93.3 cm³/mol. The van der Waals surface area contributed by atoms with Crippen LogP contribution in [0.3, 0.4) is 0 Å². The van der Waals surface area contributed by atoms with Crippen LogP contribution in [0.4, 0.5) is 0 Å². The van der Waals surface area contributed by atoms with Crippen molar-refractivity contribution in [1.29, 1.82) is 0 Å². The lowest BCUT2D eigenvalue weighted by atomic mass is 10.1. The second-order valence-electron chi connectivity index (χ2n) is 5.73. The van der Waals surface area contributed by atoms with E-state index in [0.29, 0.717) is 11.4 Å². The van der Waals surface area contributed by atoms with Crippen molar-refractivity contribution >= 4 is 27.5 Å². The largest absolute Gasteiger partial charge is 0.269 e. The number of benzene rings is 2. The molecule has 1 heterocycles. The van der Waals surface area contributed by atoms with Crippen molar-refractivity contribution in [2.75, 3.05) is 6.54 Å². The van der Waals surface area contributed by atoms with Gasteiger partial charge in [-0.1, -0.05) is 47.5 Å². The number of aryl methyl sites for hydroxylation is 1. The third-order valence-corrected chi connectivity index (χ3v) is 6.03. The van der Waals surface area contributed by atoms with Gasteiger partial charge in [0.25, 0.3) is 15.9 Å². The molecule has 2 aromatic carbocycles. The van der Waals surface area contributed by atoms with Gasteiger partial charge in [-0.3, -0.25) is 4.79 Å². The molecule has 0 fully saturated rings. The Kier molecular flexibility index (Phi) is 4.47. The Morgan fingerprint density at radius 3 is 2.42 bits per heavy atom. The fourth-order valence-corrected chi connectivity index (χ4v) is 4.15. The third kappa shape index (κ3) is 3.23. The van der Waals surface area contributed by atoms with Crippen LogP contribution >= 0.6 is 11.6 Å². The van der Waals surface area contributed by atoms with E-state index in [1.165, 1.54) is 18.2 Å². The van der Waals surface area contributed by atoms with Gasteiger partial charge in [0, 0.05) is 11.1 Å². The number of hydrogen-bond acceptors (Lipinski definition) is 3. The smallest absolute Gasteiger partial charge is 0.267 e. The molecule has 1 amide bonds. The van der Waals surface area contributed by atoms with Crippen LogP contribution in [0.2, 0.25) is 5.02 Å². The molecule has 0 N–H and O–H groups in total. The Morgan fingerprint density at radius 1 is 1.08 bits per heavy atom. The van der Waals surface area contributed by atoms with E-state index >= 15 is 0 Å². The number of rotatable bonds is 4. The van der Waals surface area contributed by atoms with Gasteiger partial charge in [-0.2, -0.15) is 0 Å². The van der Waals surface area contributed by atoms with Crippen molar-refractivity contribution < 1.29 is 13.2 Å². The lowest BCUT2D eigenvalue weighted by Crippen LogP contribution is -2.33. The van der Waals surface area contributed by atoms with E-state index in [-0.39, 0.29) is 11.4 Å². The number of sulfonamides is 1. The molecule has 0 aliphatic carbocycles. The molecule has 0 saturated heterocycles. The maximum Gasteiger partial charge on any atom is 0.267 e. The van der Waals surface area contributed by atoms with Gasteiger partial charge in [0.2, 0.25) is 0 Å². The summed E-state index contributed by atoms with van der Waals surface area (Å²) in [5.74, 6) is -0.516. The number of carbonyl (C=O) groups is 1. The van der Waals surface area contributed by atoms with Gasteiger partial charge in [0.15, 0.2) is 0 Å². The highest BCUT2D eigenvalue weighted by atomic mass is 35.5. The predicted octanol–water partition coefficient (Wildman–Crippen LogP) is 3.35. The molecule has 0 bridgehead atoms. The standard InChI is InChI=1S/C18H16ClNO3S/c1-13-6-8-16(9-7-13)24(22,23)20-12-14(11-18(20)21)10-15-4-2-3-5-17(15)19/h2-9,11H,10,12H2,1H3. The van der Waals surface area contributed by atoms with Gasteiger partial charge in [-0.05, 0) is 42.7 Å². The molecule has 0 radical (unpaired) electrons. The Balaban J connectivity index is 1.82. The van der Waals surface area contributed by atoms with Crippen LogP contribution in [0.15, 0.2) is 65.1 Å². The molecule has 0 atom stereocenters. The van der Waals surface area contributed by atoms with E-state index in [4.69, 9.17) is 11.6 Å². The highest BCUT2D eigenvalue weighted by Gasteiger charge is 2.33. The molecular formula is C18H16ClNO3S. The average Bonchev–Trinajstić information content (AvgIpc) is 2.91. The molecule has 2 aromatic rings. The zero-order valence-corrected chi connectivity index (χ0v) is 14.6. The van der Waals surface area contributed by atoms with Crippen LogP contribution in [0.5, 0.6) is 0 Å². The summed E-state index contributed by atoms with van der Waals surface area (Å²) in [5, 5.41) is 0.602. The van der Waals surface area contributed by atoms with E-state index < -0.39 is 15.9 Å². The van der Waals surface area contributed by atoms with Crippen molar-refractivity contribution in [3.05, 3.63) is 76.3 Å². The number of hydrogen-bond donors (Lipinski definition) is 0. The summed E-state index contributed by atoms with van der Waals surface area (Å²) in [6.45, 7) is 1.93. The lowest BCUT2D eigenvalue weighted by Gasteiger charge is -2.17. The maximum absolute atomic E-state index is 12.7. The molecule has 0 spiro atoms. The summed E-state index contributed by atoms with van der Waals surface area (Å²) in [5.41, 5.74) is 2.55. The third-order valence-electron chi connectivity index (χ3n) is 3.90. The zero-order valence-electron chi connectivity index (χ0n) is 13.1. The Labute approximate surface area is 146 Å². The molecule has 4 nitrogen and oxygen atoms in total. The van der Waals surface area contributed by atoms with Gasteiger partial charge >= 0.3 is 0 Å². The number of nitrogens with zero attached hydrogens (tertiary/aromatic N) is 1. The fourth-order valence-electron chi connectivity index (χ4n) is 2.59. The van der Waals surface area contributed by atoms with Crippen molar-refractivity contribution in [3.8, 4) is 0 Å². The zero-order chi connectivity index (χ0) is 17.3. The SMILES string of the molecule is Cc1ccc(S(=O)(=O)N2CC(Cc3ccccc3Cl)=CC2=O)cc1. The van der Waals surface area contributed by atoms with Crippen molar-refractivity contribution in [2.24, 2.45) is 0 Å². The van der Waals surface area contributed by atoms with Crippen LogP contribution in [0, 0.1) is 6.92 Å². The normalized spacial score (nSPS) is 14.8. The first-order chi connectivity index (χ1) is 11.4. The molecule has 1 aliphatic rings. The summed E-state index contributed by atoms with van der Waals surface area (Å²) in [6, 6.07) is 13.8. The molecule has 124 valence electrons. The summed E-state index contributed by atoms with van der Waals surface area (Å²) < 4.78 is 26.2. The summed E-state index contributed by atoms with van der Waals surface area (Å²) in [4.78, 5) is 12.3. The molecule has 3 rings (SSSR count). The minimum absolute atomic E-state index is 0.0558. The second kappa shape index (κ2) is 6.42. The first-order valence-corrected chi connectivity index (χ1v) is 9.26.